The van der Waals surface area contributed by atoms with E-state index in [-0.39, 0.29) is 5.91 Å². The van der Waals surface area contributed by atoms with Gasteiger partial charge in [-0.25, -0.2) is 4.98 Å². The third-order valence-corrected chi connectivity index (χ3v) is 5.33. The van der Waals surface area contributed by atoms with E-state index in [1.54, 1.807) is 28.0 Å². The van der Waals surface area contributed by atoms with Gasteiger partial charge in [0.05, 0.1) is 22.5 Å². The Hall–Kier alpha value is -3.06. The van der Waals surface area contributed by atoms with Gasteiger partial charge in [-0.05, 0) is 49.7 Å². The molecular formula is C20H19N5OS. The van der Waals surface area contributed by atoms with E-state index in [9.17, 15) is 4.79 Å². The first kappa shape index (κ1) is 17.4. The van der Waals surface area contributed by atoms with Crippen LogP contribution in [0.2, 0.25) is 0 Å². The van der Waals surface area contributed by atoms with Crippen LogP contribution in [-0.2, 0) is 13.1 Å². The van der Waals surface area contributed by atoms with E-state index < -0.39 is 0 Å². The number of pyridine rings is 1. The van der Waals surface area contributed by atoms with E-state index in [2.05, 4.69) is 23.1 Å². The number of hydrogen-bond donors (Lipinski definition) is 0. The molecular weight excluding hydrogens is 358 g/mol. The molecule has 0 fully saturated rings. The van der Waals surface area contributed by atoms with Crippen molar-refractivity contribution >= 4 is 32.6 Å². The average molecular weight is 377 g/mol. The summed E-state index contributed by atoms with van der Waals surface area (Å²) in [5.74, 6) is -0.129. The molecule has 0 unspecified atom stereocenters. The first-order valence-electron chi connectivity index (χ1n) is 8.76. The number of amides is 1. The van der Waals surface area contributed by atoms with E-state index in [0.717, 1.165) is 15.9 Å². The fraction of sp³-hybridized carbons (Fsp3) is 0.200. The second-order valence-corrected chi connectivity index (χ2v) is 7.22. The lowest BCUT2D eigenvalue weighted by Crippen LogP contribution is -2.32. The van der Waals surface area contributed by atoms with E-state index in [0.29, 0.717) is 23.9 Å². The standard InChI is InChI=1S/C20H19N5OS/c1-3-25-17(9-11-22-25)19(26)24(13-15-6-4-5-10-21-15)20-23-16-8-7-14(2)12-18(16)27-20/h4-12H,3,13H2,1-2H3. The minimum absolute atomic E-state index is 0.129. The molecule has 0 atom stereocenters. The molecule has 1 aromatic carbocycles. The largest absolute Gasteiger partial charge is 0.278 e. The maximum Gasteiger partial charge on any atom is 0.278 e. The smallest absolute Gasteiger partial charge is 0.277 e. The Morgan fingerprint density at radius 2 is 2.07 bits per heavy atom. The number of fused-ring (bicyclic) bond motifs is 1. The molecule has 27 heavy (non-hydrogen) atoms. The monoisotopic (exact) mass is 377 g/mol. The highest BCUT2D eigenvalue weighted by molar-refractivity contribution is 7.22. The molecule has 0 saturated heterocycles. The summed E-state index contributed by atoms with van der Waals surface area (Å²) in [6.07, 6.45) is 3.38. The number of aromatic nitrogens is 4. The summed E-state index contributed by atoms with van der Waals surface area (Å²) >= 11 is 1.51. The molecule has 0 aliphatic heterocycles. The van der Waals surface area contributed by atoms with Crippen LogP contribution >= 0.6 is 11.3 Å². The molecule has 3 aromatic heterocycles. The highest BCUT2D eigenvalue weighted by Crippen LogP contribution is 2.31. The predicted octanol–water partition coefficient (Wildman–Crippen LogP) is 4.06. The number of thiazole rings is 1. The first-order valence-corrected chi connectivity index (χ1v) is 9.58. The molecule has 7 heteroatoms. The summed E-state index contributed by atoms with van der Waals surface area (Å²) in [7, 11) is 0. The van der Waals surface area contributed by atoms with Crippen LogP contribution in [0.15, 0.2) is 54.9 Å². The van der Waals surface area contributed by atoms with Crippen LogP contribution in [-0.4, -0.2) is 25.7 Å². The molecule has 0 aliphatic carbocycles. The number of benzene rings is 1. The molecule has 136 valence electrons. The molecule has 0 N–H and O–H groups in total. The van der Waals surface area contributed by atoms with Gasteiger partial charge in [0.15, 0.2) is 5.13 Å². The normalized spacial score (nSPS) is 11.0. The summed E-state index contributed by atoms with van der Waals surface area (Å²) in [4.78, 5) is 24.1. The second kappa shape index (κ2) is 7.28. The number of carbonyl (C=O) groups excluding carboxylic acids is 1. The van der Waals surface area contributed by atoms with Gasteiger partial charge < -0.3 is 0 Å². The minimum Gasteiger partial charge on any atom is -0.277 e. The molecule has 0 aliphatic rings. The molecule has 0 bridgehead atoms. The van der Waals surface area contributed by atoms with Crippen molar-refractivity contribution in [1.82, 2.24) is 19.7 Å². The molecule has 0 saturated carbocycles. The number of hydrogen-bond acceptors (Lipinski definition) is 5. The van der Waals surface area contributed by atoms with Crippen molar-refractivity contribution in [3.05, 3.63) is 71.8 Å². The van der Waals surface area contributed by atoms with Crippen molar-refractivity contribution in [2.75, 3.05) is 4.90 Å². The van der Waals surface area contributed by atoms with Crippen LogP contribution in [0.3, 0.4) is 0 Å². The lowest BCUT2D eigenvalue weighted by molar-refractivity contribution is 0.0974. The summed E-state index contributed by atoms with van der Waals surface area (Å²) in [6, 6.07) is 13.6. The van der Waals surface area contributed by atoms with Crippen molar-refractivity contribution < 1.29 is 4.79 Å². The van der Waals surface area contributed by atoms with E-state index in [1.165, 1.54) is 16.9 Å². The Morgan fingerprint density at radius 1 is 1.19 bits per heavy atom. The maximum atomic E-state index is 13.3. The number of rotatable bonds is 5. The lowest BCUT2D eigenvalue weighted by Gasteiger charge is -2.19. The molecule has 3 heterocycles. The molecule has 1 amide bonds. The summed E-state index contributed by atoms with van der Waals surface area (Å²) in [6.45, 7) is 5.00. The van der Waals surface area contributed by atoms with Gasteiger partial charge in [0.2, 0.25) is 0 Å². The van der Waals surface area contributed by atoms with Crippen LogP contribution < -0.4 is 4.90 Å². The molecule has 4 rings (SSSR count). The zero-order valence-electron chi connectivity index (χ0n) is 15.2. The highest BCUT2D eigenvalue weighted by Gasteiger charge is 2.24. The van der Waals surface area contributed by atoms with Gasteiger partial charge in [-0.2, -0.15) is 5.10 Å². The van der Waals surface area contributed by atoms with Crippen LogP contribution in [0, 0.1) is 6.92 Å². The fourth-order valence-electron chi connectivity index (χ4n) is 2.92. The topological polar surface area (TPSA) is 63.9 Å². The number of aryl methyl sites for hydroxylation is 2. The van der Waals surface area contributed by atoms with Gasteiger partial charge in [-0.1, -0.05) is 23.5 Å². The molecule has 4 aromatic rings. The first-order chi connectivity index (χ1) is 13.2. The average Bonchev–Trinajstić information content (AvgIpc) is 3.32. The summed E-state index contributed by atoms with van der Waals surface area (Å²) < 4.78 is 2.76. The number of carbonyl (C=O) groups is 1. The Kier molecular flexibility index (Phi) is 4.68. The fourth-order valence-corrected chi connectivity index (χ4v) is 3.98. The van der Waals surface area contributed by atoms with Gasteiger partial charge in [0, 0.05) is 18.9 Å². The number of anilines is 1. The highest BCUT2D eigenvalue weighted by atomic mass is 32.1. The number of nitrogens with zero attached hydrogens (tertiary/aromatic N) is 5. The van der Waals surface area contributed by atoms with E-state index in [1.807, 2.05) is 37.3 Å². The predicted molar refractivity (Wildman–Crippen MR) is 107 cm³/mol. The van der Waals surface area contributed by atoms with Gasteiger partial charge >= 0.3 is 0 Å². The van der Waals surface area contributed by atoms with Crippen molar-refractivity contribution in [3.8, 4) is 0 Å². The molecule has 0 spiro atoms. The molecule has 0 radical (unpaired) electrons. The third kappa shape index (κ3) is 3.46. The molecule has 6 nitrogen and oxygen atoms in total. The van der Waals surface area contributed by atoms with Crippen LogP contribution in [0.1, 0.15) is 28.7 Å². The second-order valence-electron chi connectivity index (χ2n) is 6.21. The van der Waals surface area contributed by atoms with Crippen LogP contribution in [0.4, 0.5) is 5.13 Å². The van der Waals surface area contributed by atoms with Crippen LogP contribution in [0.25, 0.3) is 10.2 Å². The maximum absolute atomic E-state index is 13.3. The van der Waals surface area contributed by atoms with Crippen molar-refractivity contribution in [1.29, 1.82) is 0 Å². The van der Waals surface area contributed by atoms with Gasteiger partial charge in [-0.15, -0.1) is 0 Å². The van der Waals surface area contributed by atoms with Crippen LogP contribution in [0.5, 0.6) is 0 Å². The Labute approximate surface area is 161 Å². The minimum atomic E-state index is -0.129. The zero-order valence-corrected chi connectivity index (χ0v) is 16.0. The van der Waals surface area contributed by atoms with Gasteiger partial charge in [0.25, 0.3) is 5.91 Å². The van der Waals surface area contributed by atoms with Crippen molar-refractivity contribution in [2.45, 2.75) is 26.9 Å². The van der Waals surface area contributed by atoms with Gasteiger partial charge in [0.1, 0.15) is 5.69 Å². The summed E-state index contributed by atoms with van der Waals surface area (Å²) in [5, 5.41) is 4.89. The van der Waals surface area contributed by atoms with Gasteiger partial charge in [-0.3, -0.25) is 19.4 Å². The zero-order chi connectivity index (χ0) is 18.8. The quantitative estimate of drug-likeness (QED) is 0.526. The SMILES string of the molecule is CCn1nccc1C(=O)N(Cc1ccccn1)c1nc2ccc(C)cc2s1. The van der Waals surface area contributed by atoms with Crippen molar-refractivity contribution in [3.63, 3.8) is 0 Å². The van der Waals surface area contributed by atoms with E-state index in [4.69, 9.17) is 4.98 Å². The summed E-state index contributed by atoms with van der Waals surface area (Å²) in [5.41, 5.74) is 3.42. The lowest BCUT2D eigenvalue weighted by atomic mass is 10.2. The Balaban J connectivity index is 1.78. The Bertz CT molecular complexity index is 1090. The Morgan fingerprint density at radius 3 is 2.85 bits per heavy atom. The van der Waals surface area contributed by atoms with Crippen molar-refractivity contribution in [2.24, 2.45) is 0 Å². The third-order valence-electron chi connectivity index (χ3n) is 4.29. The van der Waals surface area contributed by atoms with E-state index >= 15 is 0 Å².